The number of hydrogen-bond donors (Lipinski definition) is 0. The highest BCUT2D eigenvalue weighted by atomic mass is 19.1. The van der Waals surface area contributed by atoms with Gasteiger partial charge >= 0.3 is 0 Å². The van der Waals surface area contributed by atoms with Gasteiger partial charge in [-0.3, -0.25) is 4.68 Å². The van der Waals surface area contributed by atoms with Crippen molar-refractivity contribution in [1.82, 2.24) is 9.78 Å². The number of aromatic nitrogens is 2. The normalized spacial score (nSPS) is 10.9. The summed E-state index contributed by atoms with van der Waals surface area (Å²) in [5.41, 5.74) is 2.75. The van der Waals surface area contributed by atoms with Crippen molar-refractivity contribution >= 4 is 10.9 Å². The Morgan fingerprint density at radius 1 is 1.06 bits per heavy atom. The Labute approximate surface area is 98.3 Å². The molecule has 0 saturated carbocycles. The quantitative estimate of drug-likeness (QED) is 0.622. The minimum absolute atomic E-state index is 0.236. The first-order valence-corrected chi connectivity index (χ1v) is 5.43. The standard InChI is InChI=1S/C14H11FN2/c1-17-13-9-11(15)7-8-12(13)14(16-17)10-5-3-2-4-6-10/h2-9H,1H3. The van der Waals surface area contributed by atoms with Crippen LogP contribution in [0.5, 0.6) is 0 Å². The Kier molecular flexibility index (Phi) is 2.18. The van der Waals surface area contributed by atoms with Crippen LogP contribution < -0.4 is 0 Å². The Morgan fingerprint density at radius 2 is 1.82 bits per heavy atom. The number of nitrogens with zero attached hydrogens (tertiary/aromatic N) is 2. The van der Waals surface area contributed by atoms with Gasteiger partial charge in [-0.15, -0.1) is 0 Å². The van der Waals surface area contributed by atoms with Crippen LogP contribution >= 0.6 is 0 Å². The van der Waals surface area contributed by atoms with Crippen molar-refractivity contribution in [2.45, 2.75) is 0 Å². The molecule has 0 aliphatic carbocycles. The van der Waals surface area contributed by atoms with E-state index in [0.29, 0.717) is 0 Å². The topological polar surface area (TPSA) is 17.8 Å². The molecule has 2 nitrogen and oxygen atoms in total. The maximum atomic E-state index is 13.2. The first-order valence-electron chi connectivity index (χ1n) is 5.43. The zero-order valence-corrected chi connectivity index (χ0v) is 9.39. The van der Waals surface area contributed by atoms with Gasteiger partial charge in [0.2, 0.25) is 0 Å². The lowest BCUT2D eigenvalue weighted by atomic mass is 10.1. The molecule has 1 heterocycles. The Morgan fingerprint density at radius 3 is 2.59 bits per heavy atom. The van der Waals surface area contributed by atoms with Crippen LogP contribution in [0, 0.1) is 5.82 Å². The molecule has 0 radical (unpaired) electrons. The first-order chi connectivity index (χ1) is 8.25. The van der Waals surface area contributed by atoms with Gasteiger partial charge < -0.3 is 0 Å². The third-order valence-electron chi connectivity index (χ3n) is 2.86. The third kappa shape index (κ3) is 1.60. The second-order valence-corrected chi connectivity index (χ2v) is 4.00. The van der Waals surface area contributed by atoms with E-state index in [9.17, 15) is 4.39 Å². The van der Waals surface area contributed by atoms with Gasteiger partial charge in [-0.1, -0.05) is 30.3 Å². The summed E-state index contributed by atoms with van der Waals surface area (Å²) in [7, 11) is 1.83. The molecule has 0 atom stereocenters. The lowest BCUT2D eigenvalue weighted by molar-refractivity contribution is 0.628. The number of aryl methyl sites for hydroxylation is 1. The van der Waals surface area contributed by atoms with Gasteiger partial charge in [-0.2, -0.15) is 5.10 Å². The van der Waals surface area contributed by atoms with Crippen LogP contribution in [0.1, 0.15) is 0 Å². The van der Waals surface area contributed by atoms with Crippen LogP contribution in [0.3, 0.4) is 0 Å². The Hall–Kier alpha value is -2.16. The van der Waals surface area contributed by atoms with Crippen LogP contribution in [-0.2, 0) is 7.05 Å². The van der Waals surface area contributed by atoms with Crippen molar-refractivity contribution in [1.29, 1.82) is 0 Å². The van der Waals surface area contributed by atoms with E-state index in [-0.39, 0.29) is 5.82 Å². The van der Waals surface area contributed by atoms with Crippen LogP contribution in [0.2, 0.25) is 0 Å². The molecule has 0 fully saturated rings. The van der Waals surface area contributed by atoms with E-state index in [1.807, 2.05) is 37.4 Å². The van der Waals surface area contributed by atoms with Gasteiger partial charge in [0.1, 0.15) is 11.5 Å². The molecule has 0 unspecified atom stereocenters. The van der Waals surface area contributed by atoms with Crippen molar-refractivity contribution in [3.8, 4) is 11.3 Å². The summed E-state index contributed by atoms with van der Waals surface area (Å²) in [4.78, 5) is 0. The van der Waals surface area contributed by atoms with E-state index in [1.165, 1.54) is 12.1 Å². The highest BCUT2D eigenvalue weighted by Crippen LogP contribution is 2.27. The van der Waals surface area contributed by atoms with Gasteiger partial charge in [-0.05, 0) is 18.2 Å². The highest BCUT2D eigenvalue weighted by Gasteiger charge is 2.10. The molecule has 1 aromatic heterocycles. The SMILES string of the molecule is Cn1nc(-c2ccccc2)c2ccc(F)cc21. The van der Waals surface area contributed by atoms with Gasteiger partial charge in [0.05, 0.1) is 5.52 Å². The molecular weight excluding hydrogens is 215 g/mol. The van der Waals surface area contributed by atoms with Gasteiger partial charge in [0.15, 0.2) is 0 Å². The second kappa shape index (κ2) is 3.70. The van der Waals surface area contributed by atoms with E-state index in [2.05, 4.69) is 5.10 Å². The summed E-state index contributed by atoms with van der Waals surface area (Å²) in [5.74, 6) is -0.236. The van der Waals surface area contributed by atoms with Gasteiger partial charge in [0.25, 0.3) is 0 Å². The molecule has 0 amide bonds. The predicted molar refractivity (Wildman–Crippen MR) is 66.1 cm³/mol. The average Bonchev–Trinajstić information content (AvgIpc) is 2.68. The van der Waals surface area contributed by atoms with Crippen LogP contribution in [0.25, 0.3) is 22.2 Å². The molecule has 0 spiro atoms. The minimum atomic E-state index is -0.236. The fourth-order valence-corrected chi connectivity index (χ4v) is 2.04. The summed E-state index contributed by atoms with van der Waals surface area (Å²) in [5, 5.41) is 5.42. The van der Waals surface area contributed by atoms with Crippen molar-refractivity contribution in [2.24, 2.45) is 7.05 Å². The summed E-state index contributed by atoms with van der Waals surface area (Å²) in [6.45, 7) is 0. The molecule has 0 aliphatic heterocycles. The summed E-state index contributed by atoms with van der Waals surface area (Å²) in [6, 6.07) is 14.7. The molecule has 17 heavy (non-hydrogen) atoms. The number of benzene rings is 2. The summed E-state index contributed by atoms with van der Waals surface area (Å²) < 4.78 is 14.9. The smallest absolute Gasteiger partial charge is 0.125 e. The van der Waals surface area contributed by atoms with Crippen molar-refractivity contribution in [3.05, 3.63) is 54.3 Å². The lowest BCUT2D eigenvalue weighted by Gasteiger charge is -1.96. The number of halogens is 1. The van der Waals surface area contributed by atoms with E-state index in [4.69, 9.17) is 0 Å². The maximum absolute atomic E-state index is 13.2. The number of hydrogen-bond acceptors (Lipinski definition) is 1. The number of fused-ring (bicyclic) bond motifs is 1. The first kappa shape index (κ1) is 10.0. The molecule has 84 valence electrons. The molecule has 3 aromatic rings. The molecule has 2 aromatic carbocycles. The number of rotatable bonds is 1. The van der Waals surface area contributed by atoms with E-state index in [1.54, 1.807) is 10.7 Å². The second-order valence-electron chi connectivity index (χ2n) is 4.00. The maximum Gasteiger partial charge on any atom is 0.125 e. The van der Waals surface area contributed by atoms with E-state index < -0.39 is 0 Å². The summed E-state index contributed by atoms with van der Waals surface area (Å²) >= 11 is 0. The van der Waals surface area contributed by atoms with Crippen LogP contribution in [0.15, 0.2) is 48.5 Å². The molecule has 0 bridgehead atoms. The molecular formula is C14H11FN2. The van der Waals surface area contributed by atoms with Gasteiger partial charge in [-0.25, -0.2) is 4.39 Å². The fraction of sp³-hybridized carbons (Fsp3) is 0.0714. The fourth-order valence-electron chi connectivity index (χ4n) is 2.04. The lowest BCUT2D eigenvalue weighted by Crippen LogP contribution is -1.89. The summed E-state index contributed by atoms with van der Waals surface area (Å²) in [6.07, 6.45) is 0. The molecule has 0 N–H and O–H groups in total. The zero-order chi connectivity index (χ0) is 11.8. The molecule has 0 aliphatic rings. The van der Waals surface area contributed by atoms with Crippen molar-refractivity contribution in [3.63, 3.8) is 0 Å². The van der Waals surface area contributed by atoms with E-state index >= 15 is 0 Å². The average molecular weight is 226 g/mol. The Bertz CT molecular complexity index is 671. The molecule has 3 rings (SSSR count). The van der Waals surface area contributed by atoms with Gasteiger partial charge in [0, 0.05) is 18.0 Å². The van der Waals surface area contributed by atoms with Crippen molar-refractivity contribution < 1.29 is 4.39 Å². The van der Waals surface area contributed by atoms with Crippen molar-refractivity contribution in [2.75, 3.05) is 0 Å². The zero-order valence-electron chi connectivity index (χ0n) is 9.39. The predicted octanol–water partition coefficient (Wildman–Crippen LogP) is 3.38. The van der Waals surface area contributed by atoms with E-state index in [0.717, 1.165) is 22.2 Å². The van der Waals surface area contributed by atoms with Crippen LogP contribution in [0.4, 0.5) is 4.39 Å². The largest absolute Gasteiger partial charge is 0.267 e. The Balaban J connectivity index is 2.32. The molecule has 3 heteroatoms. The minimum Gasteiger partial charge on any atom is -0.267 e. The van der Waals surface area contributed by atoms with Crippen LogP contribution in [-0.4, -0.2) is 9.78 Å². The molecule has 0 saturated heterocycles. The highest BCUT2D eigenvalue weighted by molar-refractivity contribution is 5.93. The third-order valence-corrected chi connectivity index (χ3v) is 2.86. The monoisotopic (exact) mass is 226 g/mol.